The van der Waals surface area contributed by atoms with Crippen LogP contribution in [0.2, 0.25) is 0 Å². The molecule has 2 aromatic heterocycles. The molecule has 76 valence electrons. The van der Waals surface area contributed by atoms with Gasteiger partial charge < -0.3 is 5.11 Å². The van der Waals surface area contributed by atoms with E-state index in [4.69, 9.17) is 5.11 Å². The summed E-state index contributed by atoms with van der Waals surface area (Å²) in [6, 6.07) is 3.56. The monoisotopic (exact) mass is 201 g/mol. The van der Waals surface area contributed by atoms with Crippen molar-refractivity contribution in [1.82, 2.24) is 15.0 Å². The van der Waals surface area contributed by atoms with Crippen LogP contribution in [0.15, 0.2) is 30.7 Å². The molecule has 0 aliphatic rings. The maximum absolute atomic E-state index is 8.98. The van der Waals surface area contributed by atoms with Crippen LogP contribution in [0, 0.1) is 6.92 Å². The molecule has 0 aromatic carbocycles. The smallest absolute Gasteiger partial charge is 0.159 e. The number of nitrogens with zero attached hydrogens (tertiary/aromatic N) is 3. The van der Waals surface area contributed by atoms with Gasteiger partial charge in [0.05, 0.1) is 12.3 Å². The molecule has 0 saturated heterocycles. The zero-order valence-electron chi connectivity index (χ0n) is 8.38. The third kappa shape index (κ3) is 1.99. The molecule has 0 radical (unpaired) electrons. The lowest BCUT2D eigenvalue weighted by Crippen LogP contribution is -1.96. The minimum atomic E-state index is -0.0698. The molecule has 0 saturated carbocycles. The first kappa shape index (κ1) is 9.73. The van der Waals surface area contributed by atoms with Crippen molar-refractivity contribution in [3.63, 3.8) is 0 Å². The van der Waals surface area contributed by atoms with Gasteiger partial charge in [0, 0.05) is 24.2 Å². The lowest BCUT2D eigenvalue weighted by atomic mass is 10.1. The summed E-state index contributed by atoms with van der Waals surface area (Å²) in [5, 5.41) is 8.98. The highest BCUT2D eigenvalue weighted by Gasteiger charge is 2.04. The van der Waals surface area contributed by atoms with Gasteiger partial charge in [0.1, 0.15) is 0 Å². The van der Waals surface area contributed by atoms with E-state index in [2.05, 4.69) is 15.0 Å². The maximum atomic E-state index is 8.98. The van der Waals surface area contributed by atoms with Gasteiger partial charge in [0.2, 0.25) is 0 Å². The van der Waals surface area contributed by atoms with Crippen LogP contribution in [-0.2, 0) is 6.61 Å². The van der Waals surface area contributed by atoms with Crippen LogP contribution in [0.5, 0.6) is 0 Å². The van der Waals surface area contributed by atoms with Gasteiger partial charge in [-0.1, -0.05) is 0 Å². The second kappa shape index (κ2) is 4.14. The van der Waals surface area contributed by atoms with Gasteiger partial charge in [-0.05, 0) is 24.6 Å². The van der Waals surface area contributed by atoms with Crippen LogP contribution in [0.1, 0.15) is 11.3 Å². The Bertz CT molecular complexity index is 471. The summed E-state index contributed by atoms with van der Waals surface area (Å²) in [7, 11) is 0. The SMILES string of the molecule is Cc1cnccc1-c1nccc(CO)n1. The van der Waals surface area contributed by atoms with Crippen molar-refractivity contribution in [1.29, 1.82) is 0 Å². The molecule has 0 aliphatic carbocycles. The molecule has 0 bridgehead atoms. The molecule has 2 aromatic rings. The van der Waals surface area contributed by atoms with Crippen LogP contribution in [0.4, 0.5) is 0 Å². The fourth-order valence-corrected chi connectivity index (χ4v) is 1.34. The van der Waals surface area contributed by atoms with E-state index in [1.807, 2.05) is 13.0 Å². The molecule has 0 fully saturated rings. The first-order valence-corrected chi connectivity index (χ1v) is 4.65. The number of aliphatic hydroxyl groups is 1. The summed E-state index contributed by atoms with van der Waals surface area (Å²) in [6.07, 6.45) is 5.12. The number of aliphatic hydroxyl groups excluding tert-OH is 1. The van der Waals surface area contributed by atoms with Crippen molar-refractivity contribution in [2.45, 2.75) is 13.5 Å². The highest BCUT2D eigenvalue weighted by Crippen LogP contribution is 2.17. The lowest BCUT2D eigenvalue weighted by Gasteiger charge is -2.04. The highest BCUT2D eigenvalue weighted by molar-refractivity contribution is 5.58. The Kier molecular flexibility index (Phi) is 2.69. The molecule has 1 N–H and O–H groups in total. The average molecular weight is 201 g/mol. The number of hydrogen-bond acceptors (Lipinski definition) is 4. The topological polar surface area (TPSA) is 58.9 Å². The third-order valence-electron chi connectivity index (χ3n) is 2.14. The molecular weight excluding hydrogens is 190 g/mol. The first-order valence-electron chi connectivity index (χ1n) is 4.65. The maximum Gasteiger partial charge on any atom is 0.159 e. The van der Waals surface area contributed by atoms with Gasteiger partial charge in [-0.15, -0.1) is 0 Å². The normalized spacial score (nSPS) is 10.3. The molecule has 4 nitrogen and oxygen atoms in total. The second-order valence-corrected chi connectivity index (χ2v) is 3.22. The summed E-state index contributed by atoms with van der Waals surface area (Å²) >= 11 is 0. The summed E-state index contributed by atoms with van der Waals surface area (Å²) < 4.78 is 0. The minimum absolute atomic E-state index is 0.0698. The van der Waals surface area contributed by atoms with Gasteiger partial charge in [-0.25, -0.2) is 9.97 Å². The summed E-state index contributed by atoms with van der Waals surface area (Å²) in [5.74, 6) is 0.626. The fraction of sp³-hybridized carbons (Fsp3) is 0.182. The number of hydrogen-bond donors (Lipinski definition) is 1. The van der Waals surface area contributed by atoms with Gasteiger partial charge in [0.25, 0.3) is 0 Å². The van der Waals surface area contributed by atoms with Crippen molar-refractivity contribution < 1.29 is 5.11 Å². The highest BCUT2D eigenvalue weighted by atomic mass is 16.3. The van der Waals surface area contributed by atoms with Crippen molar-refractivity contribution in [2.24, 2.45) is 0 Å². The molecule has 0 amide bonds. The first-order chi connectivity index (χ1) is 7.31. The fourth-order valence-electron chi connectivity index (χ4n) is 1.34. The number of pyridine rings is 1. The zero-order valence-corrected chi connectivity index (χ0v) is 8.38. The van der Waals surface area contributed by atoms with Crippen LogP contribution in [-0.4, -0.2) is 20.1 Å². The lowest BCUT2D eigenvalue weighted by molar-refractivity contribution is 0.277. The Morgan fingerprint density at radius 2 is 2.13 bits per heavy atom. The quantitative estimate of drug-likeness (QED) is 0.796. The standard InChI is InChI=1S/C11H11N3O/c1-8-6-12-4-3-10(8)11-13-5-2-9(7-15)14-11/h2-6,15H,7H2,1H3. The Labute approximate surface area is 87.7 Å². The van der Waals surface area contributed by atoms with Gasteiger partial charge in [-0.2, -0.15) is 0 Å². The van der Waals surface area contributed by atoms with E-state index in [1.54, 1.807) is 24.7 Å². The van der Waals surface area contributed by atoms with Crippen molar-refractivity contribution >= 4 is 0 Å². The molecule has 2 rings (SSSR count). The number of rotatable bonds is 2. The van der Waals surface area contributed by atoms with Crippen molar-refractivity contribution in [2.75, 3.05) is 0 Å². The van der Waals surface area contributed by atoms with Gasteiger partial charge in [-0.3, -0.25) is 4.98 Å². The summed E-state index contributed by atoms with van der Waals surface area (Å²) in [4.78, 5) is 12.4. The number of aryl methyl sites for hydroxylation is 1. The molecular formula is C11H11N3O. The second-order valence-electron chi connectivity index (χ2n) is 3.22. The third-order valence-corrected chi connectivity index (χ3v) is 2.14. The summed E-state index contributed by atoms with van der Waals surface area (Å²) in [6.45, 7) is 1.89. The van der Waals surface area contributed by atoms with E-state index in [0.29, 0.717) is 11.5 Å². The molecule has 0 atom stereocenters. The average Bonchev–Trinajstić information content (AvgIpc) is 2.30. The van der Waals surface area contributed by atoms with Crippen LogP contribution < -0.4 is 0 Å². The van der Waals surface area contributed by atoms with E-state index < -0.39 is 0 Å². The predicted molar refractivity (Wildman–Crippen MR) is 55.9 cm³/mol. The van der Waals surface area contributed by atoms with Crippen LogP contribution >= 0.6 is 0 Å². The minimum Gasteiger partial charge on any atom is -0.390 e. The number of aromatic nitrogens is 3. The van der Waals surface area contributed by atoms with Gasteiger partial charge in [0.15, 0.2) is 5.82 Å². The Hall–Kier alpha value is -1.81. The van der Waals surface area contributed by atoms with Crippen LogP contribution in [0.25, 0.3) is 11.4 Å². The molecule has 4 heteroatoms. The van der Waals surface area contributed by atoms with Crippen LogP contribution in [0.3, 0.4) is 0 Å². The van der Waals surface area contributed by atoms with E-state index in [-0.39, 0.29) is 6.61 Å². The Morgan fingerprint density at radius 1 is 1.27 bits per heavy atom. The van der Waals surface area contributed by atoms with Crippen molar-refractivity contribution in [3.8, 4) is 11.4 Å². The Morgan fingerprint density at radius 3 is 2.87 bits per heavy atom. The summed E-state index contributed by atoms with van der Waals surface area (Å²) in [5.41, 5.74) is 2.59. The zero-order chi connectivity index (χ0) is 10.7. The van der Waals surface area contributed by atoms with E-state index in [0.717, 1.165) is 11.1 Å². The molecule has 2 heterocycles. The molecule has 0 aliphatic heterocycles. The Balaban J connectivity index is 2.49. The van der Waals surface area contributed by atoms with E-state index >= 15 is 0 Å². The van der Waals surface area contributed by atoms with Crippen molar-refractivity contribution in [3.05, 3.63) is 42.0 Å². The predicted octanol–water partition coefficient (Wildman–Crippen LogP) is 1.34. The molecule has 0 unspecified atom stereocenters. The molecule has 0 spiro atoms. The van der Waals surface area contributed by atoms with Gasteiger partial charge >= 0.3 is 0 Å². The largest absolute Gasteiger partial charge is 0.390 e. The molecule has 15 heavy (non-hydrogen) atoms. The van der Waals surface area contributed by atoms with E-state index in [1.165, 1.54) is 0 Å². The van der Waals surface area contributed by atoms with E-state index in [9.17, 15) is 0 Å².